The largest absolute Gasteiger partial charge is 0.260 e. The first-order valence-electron chi connectivity index (χ1n) is 5.54. The minimum atomic E-state index is -0.691. The maximum Gasteiger partial charge on any atom is 0.165 e. The van der Waals surface area contributed by atoms with Crippen LogP contribution in [0, 0.1) is 11.6 Å². The Bertz CT molecular complexity index is 675. The smallest absolute Gasteiger partial charge is 0.165 e. The molecule has 0 saturated heterocycles. The summed E-state index contributed by atoms with van der Waals surface area (Å²) in [5, 5.41) is 4.64. The summed E-state index contributed by atoms with van der Waals surface area (Å²) in [4.78, 5) is 3.94. The van der Waals surface area contributed by atoms with Crippen LogP contribution in [0.15, 0.2) is 35.6 Å². The summed E-state index contributed by atoms with van der Waals surface area (Å²) in [6.07, 6.45) is 1.40. The van der Waals surface area contributed by atoms with Gasteiger partial charge in [0, 0.05) is 17.8 Å². The lowest BCUT2D eigenvalue weighted by Gasteiger charge is -2.05. The van der Waals surface area contributed by atoms with Crippen molar-refractivity contribution in [1.29, 1.82) is 0 Å². The Morgan fingerprint density at radius 2 is 2.00 bits per heavy atom. The van der Waals surface area contributed by atoms with Gasteiger partial charge in [0.1, 0.15) is 11.6 Å². The molecular weight excluding hydrogens is 307 g/mol. The average molecular weight is 316 g/mol. The zero-order valence-electron chi connectivity index (χ0n) is 10.3. The summed E-state index contributed by atoms with van der Waals surface area (Å²) in [6, 6.07) is 4.76. The van der Waals surface area contributed by atoms with Crippen LogP contribution >= 0.6 is 23.2 Å². The molecule has 1 N–H and O–H groups in total. The molecule has 0 atom stereocenters. The Hall–Kier alpha value is -1.72. The van der Waals surface area contributed by atoms with Crippen molar-refractivity contribution in [2.45, 2.75) is 6.92 Å². The average Bonchev–Trinajstić information content (AvgIpc) is 2.37. The third kappa shape index (κ3) is 3.43. The van der Waals surface area contributed by atoms with Crippen molar-refractivity contribution in [3.05, 3.63) is 57.7 Å². The topological polar surface area (TPSA) is 37.3 Å². The van der Waals surface area contributed by atoms with E-state index in [1.807, 2.05) is 0 Å². The quantitative estimate of drug-likeness (QED) is 0.668. The number of hydrazone groups is 1. The number of hydrogen-bond acceptors (Lipinski definition) is 3. The second kappa shape index (κ2) is 6.15. The normalized spacial score (nSPS) is 11.6. The predicted octanol–water partition coefficient (Wildman–Crippen LogP) is 4.50. The van der Waals surface area contributed by atoms with Gasteiger partial charge in [-0.05, 0) is 25.1 Å². The molecule has 0 aliphatic heterocycles. The second-order valence-corrected chi connectivity index (χ2v) is 4.76. The minimum absolute atomic E-state index is 0.184. The van der Waals surface area contributed by atoms with Gasteiger partial charge in [-0.3, -0.25) is 5.43 Å². The van der Waals surface area contributed by atoms with E-state index in [-0.39, 0.29) is 16.4 Å². The molecule has 0 aliphatic carbocycles. The zero-order valence-corrected chi connectivity index (χ0v) is 11.8. The molecule has 1 heterocycles. The van der Waals surface area contributed by atoms with E-state index in [4.69, 9.17) is 23.2 Å². The number of nitrogens with one attached hydrogen (secondary N) is 1. The van der Waals surface area contributed by atoms with Crippen molar-refractivity contribution in [2.75, 3.05) is 5.43 Å². The van der Waals surface area contributed by atoms with E-state index in [1.165, 1.54) is 18.3 Å². The molecule has 0 fully saturated rings. The van der Waals surface area contributed by atoms with Crippen LogP contribution in [0.3, 0.4) is 0 Å². The van der Waals surface area contributed by atoms with Gasteiger partial charge in [0.15, 0.2) is 5.82 Å². The van der Waals surface area contributed by atoms with Crippen molar-refractivity contribution in [3.63, 3.8) is 0 Å². The first-order valence-corrected chi connectivity index (χ1v) is 6.29. The molecule has 7 heteroatoms. The van der Waals surface area contributed by atoms with Crippen molar-refractivity contribution in [2.24, 2.45) is 5.10 Å². The maximum atomic E-state index is 13.6. The Morgan fingerprint density at radius 1 is 1.25 bits per heavy atom. The SMILES string of the molecule is C/C(=N\Nc1ncc(Cl)cc1Cl)c1ccc(F)cc1F. The lowest BCUT2D eigenvalue weighted by molar-refractivity contribution is 0.581. The van der Waals surface area contributed by atoms with Crippen molar-refractivity contribution >= 4 is 34.7 Å². The summed E-state index contributed by atoms with van der Waals surface area (Å²) in [6.45, 7) is 1.58. The molecule has 3 nitrogen and oxygen atoms in total. The summed E-state index contributed by atoms with van der Waals surface area (Å²) in [7, 11) is 0. The van der Waals surface area contributed by atoms with E-state index in [9.17, 15) is 8.78 Å². The zero-order chi connectivity index (χ0) is 14.7. The predicted molar refractivity (Wildman–Crippen MR) is 76.4 cm³/mol. The van der Waals surface area contributed by atoms with Crippen molar-refractivity contribution in [1.82, 2.24) is 4.98 Å². The molecule has 0 amide bonds. The van der Waals surface area contributed by atoms with Crippen LogP contribution in [-0.2, 0) is 0 Å². The fourth-order valence-corrected chi connectivity index (χ4v) is 1.90. The van der Waals surface area contributed by atoms with Crippen LogP contribution in [-0.4, -0.2) is 10.7 Å². The highest BCUT2D eigenvalue weighted by atomic mass is 35.5. The molecule has 1 aromatic carbocycles. The minimum Gasteiger partial charge on any atom is -0.260 e. The Kier molecular flexibility index (Phi) is 4.52. The van der Waals surface area contributed by atoms with Crippen LogP contribution in [0.5, 0.6) is 0 Å². The van der Waals surface area contributed by atoms with Gasteiger partial charge in [-0.25, -0.2) is 13.8 Å². The Labute approximate surface area is 124 Å². The monoisotopic (exact) mass is 315 g/mol. The summed E-state index contributed by atoms with van der Waals surface area (Å²) < 4.78 is 26.4. The van der Waals surface area contributed by atoms with E-state index in [0.717, 1.165) is 12.1 Å². The van der Waals surface area contributed by atoms with E-state index in [0.29, 0.717) is 10.7 Å². The summed E-state index contributed by atoms with van der Waals surface area (Å²) in [5.41, 5.74) is 3.12. The number of nitrogens with zero attached hydrogens (tertiary/aromatic N) is 2. The molecule has 2 aromatic rings. The third-order valence-corrected chi connectivity index (χ3v) is 2.95. The van der Waals surface area contributed by atoms with Crippen LogP contribution < -0.4 is 5.43 Å². The molecule has 2 rings (SSSR count). The number of hydrogen-bond donors (Lipinski definition) is 1. The maximum absolute atomic E-state index is 13.6. The molecule has 0 aliphatic rings. The van der Waals surface area contributed by atoms with E-state index in [2.05, 4.69) is 15.5 Å². The number of aromatic nitrogens is 1. The number of pyridine rings is 1. The Morgan fingerprint density at radius 3 is 2.65 bits per heavy atom. The number of rotatable bonds is 3. The van der Waals surface area contributed by atoms with Gasteiger partial charge in [0.05, 0.1) is 15.8 Å². The van der Waals surface area contributed by atoms with Gasteiger partial charge in [-0.1, -0.05) is 23.2 Å². The lowest BCUT2D eigenvalue weighted by atomic mass is 10.1. The van der Waals surface area contributed by atoms with Crippen LogP contribution in [0.2, 0.25) is 10.0 Å². The molecule has 20 heavy (non-hydrogen) atoms. The van der Waals surface area contributed by atoms with E-state index >= 15 is 0 Å². The fraction of sp³-hybridized carbons (Fsp3) is 0.0769. The third-order valence-electron chi connectivity index (χ3n) is 2.46. The molecule has 0 radical (unpaired) electrons. The van der Waals surface area contributed by atoms with Gasteiger partial charge in [0.25, 0.3) is 0 Å². The van der Waals surface area contributed by atoms with Gasteiger partial charge >= 0.3 is 0 Å². The van der Waals surface area contributed by atoms with Crippen molar-refractivity contribution < 1.29 is 8.78 Å². The fourth-order valence-electron chi connectivity index (χ4n) is 1.48. The van der Waals surface area contributed by atoms with Crippen LogP contribution in [0.25, 0.3) is 0 Å². The van der Waals surface area contributed by atoms with Crippen LogP contribution in [0.1, 0.15) is 12.5 Å². The molecule has 0 spiro atoms. The molecule has 104 valence electrons. The summed E-state index contributed by atoms with van der Waals surface area (Å²) >= 11 is 11.6. The second-order valence-electron chi connectivity index (χ2n) is 3.92. The molecule has 1 aromatic heterocycles. The lowest BCUT2D eigenvalue weighted by Crippen LogP contribution is -2.04. The number of halogens is 4. The Balaban J connectivity index is 2.22. The highest BCUT2D eigenvalue weighted by molar-refractivity contribution is 6.35. The van der Waals surface area contributed by atoms with Crippen molar-refractivity contribution in [3.8, 4) is 0 Å². The molecular formula is C13H9Cl2F2N3. The molecule has 0 unspecified atom stereocenters. The van der Waals surface area contributed by atoms with Gasteiger partial charge in [-0.15, -0.1) is 0 Å². The highest BCUT2D eigenvalue weighted by Gasteiger charge is 2.07. The van der Waals surface area contributed by atoms with Gasteiger partial charge in [0.2, 0.25) is 0 Å². The van der Waals surface area contributed by atoms with E-state index < -0.39 is 11.6 Å². The highest BCUT2D eigenvalue weighted by Crippen LogP contribution is 2.22. The number of benzene rings is 1. The first-order chi connectivity index (χ1) is 9.47. The van der Waals surface area contributed by atoms with Gasteiger partial charge in [-0.2, -0.15) is 5.10 Å². The molecule has 0 bridgehead atoms. The van der Waals surface area contributed by atoms with Crippen LogP contribution in [0.4, 0.5) is 14.6 Å². The molecule has 0 saturated carbocycles. The first kappa shape index (κ1) is 14.7. The standard InChI is InChI=1S/C13H9Cl2F2N3/c1-7(10-3-2-9(16)5-12(10)17)19-20-13-11(15)4-8(14)6-18-13/h2-6H,1H3,(H,18,20)/b19-7+. The summed E-state index contributed by atoms with van der Waals surface area (Å²) in [5.74, 6) is -1.05. The number of anilines is 1. The van der Waals surface area contributed by atoms with Gasteiger partial charge < -0.3 is 0 Å². The van der Waals surface area contributed by atoms with E-state index in [1.54, 1.807) is 6.92 Å².